The third-order valence-corrected chi connectivity index (χ3v) is 6.57. The number of hydrogen-bond acceptors (Lipinski definition) is 5. The summed E-state index contributed by atoms with van der Waals surface area (Å²) in [4.78, 5) is 33.4. The molecule has 4 heterocycles. The van der Waals surface area contributed by atoms with Gasteiger partial charge < -0.3 is 9.80 Å². The van der Waals surface area contributed by atoms with E-state index in [2.05, 4.69) is 20.4 Å². The number of carbonyl (C=O) groups is 2. The molecule has 172 valence electrons. The van der Waals surface area contributed by atoms with Gasteiger partial charge in [0.15, 0.2) is 0 Å². The fourth-order valence-electron chi connectivity index (χ4n) is 4.66. The van der Waals surface area contributed by atoms with E-state index >= 15 is 0 Å². The maximum absolute atomic E-state index is 13.0. The van der Waals surface area contributed by atoms with E-state index in [1.54, 1.807) is 35.5 Å². The first-order valence-electron chi connectivity index (χ1n) is 11.4. The number of fused-ring (bicyclic) bond motifs is 2. The summed E-state index contributed by atoms with van der Waals surface area (Å²) in [7, 11) is 0. The molecule has 35 heavy (non-hydrogen) atoms. The second kappa shape index (κ2) is 8.64. The van der Waals surface area contributed by atoms with Crippen LogP contribution in [-0.2, 0) is 4.79 Å². The lowest BCUT2D eigenvalue weighted by molar-refractivity contribution is -0.125. The van der Waals surface area contributed by atoms with Crippen molar-refractivity contribution in [1.29, 1.82) is 0 Å². The Balaban J connectivity index is 1.08. The number of aromatic nitrogens is 4. The molecule has 4 aromatic rings. The van der Waals surface area contributed by atoms with Gasteiger partial charge in [0.25, 0.3) is 5.91 Å². The number of H-pyrrole nitrogens is 1. The Morgan fingerprint density at radius 1 is 0.971 bits per heavy atom. The van der Waals surface area contributed by atoms with Gasteiger partial charge in [0.2, 0.25) is 5.91 Å². The summed E-state index contributed by atoms with van der Waals surface area (Å²) < 4.78 is 0. The number of rotatable bonds is 4. The Labute approximate surface area is 201 Å². The highest BCUT2D eigenvalue weighted by Crippen LogP contribution is 2.31. The van der Waals surface area contributed by atoms with Crippen molar-refractivity contribution in [2.75, 3.05) is 19.6 Å². The number of benzene rings is 2. The molecule has 1 atom stereocenters. The number of pyridine rings is 1. The molecule has 0 radical (unpaired) electrons. The van der Waals surface area contributed by atoms with Gasteiger partial charge in [-0.2, -0.15) is 0 Å². The fraction of sp³-hybridized carbons (Fsp3) is 0.148. The topological polar surface area (TPSA) is 95.1 Å². The monoisotopic (exact) mass is 462 g/mol. The molecular formula is C27H22N6O2. The van der Waals surface area contributed by atoms with Gasteiger partial charge >= 0.3 is 0 Å². The van der Waals surface area contributed by atoms with E-state index in [-0.39, 0.29) is 17.7 Å². The zero-order valence-electron chi connectivity index (χ0n) is 18.8. The zero-order valence-corrected chi connectivity index (χ0v) is 18.8. The summed E-state index contributed by atoms with van der Waals surface area (Å²) in [6, 6.07) is 17.4. The average Bonchev–Trinajstić information content (AvgIpc) is 3.62. The molecule has 1 N–H and O–H groups in total. The molecule has 8 nitrogen and oxygen atoms in total. The largest absolute Gasteiger partial charge is 0.334 e. The summed E-state index contributed by atoms with van der Waals surface area (Å²) in [5.74, 6) is 0.0874. The molecule has 0 aliphatic carbocycles. The smallest absolute Gasteiger partial charge is 0.257 e. The first kappa shape index (κ1) is 21.0. The maximum Gasteiger partial charge on any atom is 0.257 e. The molecule has 8 heteroatoms. The van der Waals surface area contributed by atoms with E-state index in [1.165, 1.54) is 0 Å². The van der Waals surface area contributed by atoms with E-state index in [1.807, 2.05) is 59.6 Å². The van der Waals surface area contributed by atoms with E-state index < -0.39 is 0 Å². The third kappa shape index (κ3) is 4.10. The maximum atomic E-state index is 13.0. The first-order valence-corrected chi connectivity index (χ1v) is 11.4. The number of nitrogens with zero attached hydrogens (tertiary/aromatic N) is 5. The van der Waals surface area contributed by atoms with Gasteiger partial charge in [0.1, 0.15) is 5.52 Å². The van der Waals surface area contributed by atoms with Crippen LogP contribution < -0.4 is 0 Å². The highest BCUT2D eigenvalue weighted by Gasteiger charge is 2.36. The Bertz CT molecular complexity index is 1470. The van der Waals surface area contributed by atoms with Crippen molar-refractivity contribution >= 4 is 28.9 Å². The van der Waals surface area contributed by atoms with Crippen molar-refractivity contribution in [2.24, 2.45) is 5.92 Å². The highest BCUT2D eigenvalue weighted by atomic mass is 16.2. The zero-order chi connectivity index (χ0) is 23.8. The van der Waals surface area contributed by atoms with Crippen molar-refractivity contribution < 1.29 is 9.59 Å². The van der Waals surface area contributed by atoms with Crippen LogP contribution in [0.4, 0.5) is 0 Å². The lowest BCUT2D eigenvalue weighted by atomic mass is 10.1. The minimum Gasteiger partial charge on any atom is -0.334 e. The van der Waals surface area contributed by atoms with E-state index in [0.717, 1.165) is 27.8 Å². The first-order chi connectivity index (χ1) is 17.1. The van der Waals surface area contributed by atoms with Crippen LogP contribution in [0.3, 0.4) is 0 Å². The van der Waals surface area contributed by atoms with Gasteiger partial charge in [-0.05, 0) is 58.7 Å². The van der Waals surface area contributed by atoms with Crippen LogP contribution >= 0.6 is 0 Å². The minimum atomic E-state index is -0.0650. The number of hydrogen-bond donors (Lipinski definition) is 1. The molecular weight excluding hydrogens is 440 g/mol. The molecule has 0 bridgehead atoms. The Hall–Kier alpha value is -4.59. The molecule has 2 aromatic heterocycles. The van der Waals surface area contributed by atoms with Gasteiger partial charge in [-0.1, -0.05) is 29.5 Å². The van der Waals surface area contributed by atoms with Crippen LogP contribution in [0.25, 0.3) is 28.2 Å². The number of likely N-dealkylation sites (tertiary alicyclic amines) is 1. The quantitative estimate of drug-likeness (QED) is 0.468. The lowest BCUT2D eigenvalue weighted by Gasteiger charge is -2.19. The van der Waals surface area contributed by atoms with Crippen LogP contribution in [0, 0.1) is 5.92 Å². The van der Waals surface area contributed by atoms with E-state index in [4.69, 9.17) is 0 Å². The van der Waals surface area contributed by atoms with E-state index in [9.17, 15) is 9.59 Å². The highest BCUT2D eigenvalue weighted by molar-refractivity contribution is 5.98. The Morgan fingerprint density at radius 3 is 2.57 bits per heavy atom. The summed E-state index contributed by atoms with van der Waals surface area (Å²) in [6.45, 7) is 1.73. The van der Waals surface area contributed by atoms with Crippen molar-refractivity contribution in [3.05, 3.63) is 96.0 Å². The van der Waals surface area contributed by atoms with Gasteiger partial charge in [-0.25, -0.2) is 0 Å². The van der Waals surface area contributed by atoms with E-state index in [0.29, 0.717) is 30.7 Å². The normalized spacial score (nSPS) is 17.3. The van der Waals surface area contributed by atoms with Crippen LogP contribution in [0.5, 0.6) is 0 Å². The molecule has 1 saturated heterocycles. The van der Waals surface area contributed by atoms with Crippen LogP contribution in [-0.4, -0.2) is 61.6 Å². The number of aromatic amines is 1. The number of amides is 2. The molecule has 2 aliphatic rings. The molecule has 1 fully saturated rings. The second-order valence-electron chi connectivity index (χ2n) is 8.81. The predicted octanol–water partition coefficient (Wildman–Crippen LogP) is 3.53. The molecule has 2 aromatic carbocycles. The summed E-state index contributed by atoms with van der Waals surface area (Å²) in [5.41, 5.74) is 6.34. The number of nitrogens with one attached hydrogen (secondary N) is 1. The average molecular weight is 463 g/mol. The van der Waals surface area contributed by atoms with Crippen LogP contribution in [0.15, 0.2) is 84.8 Å². The lowest BCUT2D eigenvalue weighted by Crippen LogP contribution is -2.32. The Morgan fingerprint density at radius 2 is 1.77 bits per heavy atom. The summed E-state index contributed by atoms with van der Waals surface area (Å²) in [5, 5.41) is 10.5. The molecule has 6 rings (SSSR count). The molecule has 0 spiro atoms. The summed E-state index contributed by atoms with van der Waals surface area (Å²) >= 11 is 0. The number of carbonyl (C=O) groups excluding carboxylic acids is 2. The van der Waals surface area contributed by atoms with Crippen molar-refractivity contribution in [3.8, 4) is 11.1 Å². The van der Waals surface area contributed by atoms with Gasteiger partial charge in [-0.15, -0.1) is 5.10 Å². The molecule has 0 unspecified atom stereocenters. The third-order valence-electron chi connectivity index (χ3n) is 6.57. The van der Waals surface area contributed by atoms with Crippen LogP contribution in [0.2, 0.25) is 0 Å². The summed E-state index contributed by atoms with van der Waals surface area (Å²) in [6.07, 6.45) is 8.91. The predicted molar refractivity (Wildman–Crippen MR) is 132 cm³/mol. The standard InChI is InChI=1S/C27H22N6O2/c34-26(8-3-18-1-4-19(5-2-18)20-9-11-28-12-10-20)32-14-22-16-33(17-23(22)15-32)27(35)21-6-7-24-25(13-21)30-31-29-24/h1-13,16,23H,14-15,17H2,(H,29,30,31)/b8-3+/t23-/m1/s1. The van der Waals surface area contributed by atoms with Crippen molar-refractivity contribution in [2.45, 2.75) is 0 Å². The minimum absolute atomic E-state index is 0.0205. The SMILES string of the molecule is O=C(c1ccc2[nH]nnc2c1)N1C=C2CN(C(=O)/C=C/c3ccc(-c4ccncc4)cc3)C[C@@H]2C1. The molecule has 0 saturated carbocycles. The van der Waals surface area contributed by atoms with Crippen molar-refractivity contribution in [3.63, 3.8) is 0 Å². The molecule has 2 amide bonds. The van der Waals surface area contributed by atoms with Gasteiger partial charge in [0, 0.05) is 55.8 Å². The van der Waals surface area contributed by atoms with Crippen LogP contribution in [0.1, 0.15) is 15.9 Å². The van der Waals surface area contributed by atoms with Crippen molar-refractivity contribution in [1.82, 2.24) is 30.2 Å². The van der Waals surface area contributed by atoms with Gasteiger partial charge in [-0.3, -0.25) is 19.7 Å². The second-order valence-corrected chi connectivity index (χ2v) is 8.81. The fourth-order valence-corrected chi connectivity index (χ4v) is 4.66. The van der Waals surface area contributed by atoms with Gasteiger partial charge in [0.05, 0.1) is 5.52 Å². The molecule has 2 aliphatic heterocycles. The Kier molecular flexibility index (Phi) is 5.18.